The van der Waals surface area contributed by atoms with Crippen molar-refractivity contribution in [3.63, 3.8) is 0 Å². The third kappa shape index (κ3) is 4.77. The molecule has 160 valence electrons. The Morgan fingerprint density at radius 3 is 2.73 bits per heavy atom. The van der Waals surface area contributed by atoms with Crippen LogP contribution in [0.3, 0.4) is 0 Å². The number of hydrogen-bond donors (Lipinski definition) is 1. The number of nitrogens with zero attached hydrogens (tertiary/aromatic N) is 3. The Morgan fingerprint density at radius 2 is 1.93 bits per heavy atom. The fourth-order valence-electron chi connectivity index (χ4n) is 4.36. The Hall–Kier alpha value is -2.57. The molecule has 0 aliphatic carbocycles. The number of methoxy groups -OCH3 is 1. The lowest BCUT2D eigenvalue weighted by molar-refractivity contribution is -0.0502. The molecule has 2 heterocycles. The molecular weight excluding hydrogens is 376 g/mol. The van der Waals surface area contributed by atoms with Gasteiger partial charge in [-0.05, 0) is 18.6 Å². The molecule has 0 radical (unpaired) electrons. The Balaban J connectivity index is 1.47. The molecule has 6 nitrogen and oxygen atoms in total. The van der Waals surface area contributed by atoms with Crippen LogP contribution in [0.5, 0.6) is 5.75 Å². The Morgan fingerprint density at radius 1 is 1.13 bits per heavy atom. The Bertz CT molecular complexity index is 842. The highest BCUT2D eigenvalue weighted by molar-refractivity contribution is 5.80. The van der Waals surface area contributed by atoms with Crippen LogP contribution < -0.4 is 10.1 Å². The SMILES string of the molecule is CCNC(=NCc1ccccc1OC)N1CC2OCCN(Cc3ccccc3)C2C1. The van der Waals surface area contributed by atoms with Crippen molar-refractivity contribution in [2.45, 2.75) is 32.2 Å². The van der Waals surface area contributed by atoms with Gasteiger partial charge in [0.15, 0.2) is 5.96 Å². The van der Waals surface area contributed by atoms with Gasteiger partial charge in [-0.15, -0.1) is 0 Å². The van der Waals surface area contributed by atoms with Crippen LogP contribution in [-0.2, 0) is 17.8 Å². The number of morpholine rings is 1. The summed E-state index contributed by atoms with van der Waals surface area (Å²) in [5, 5.41) is 3.47. The number of aliphatic imine (C=N–C) groups is 1. The summed E-state index contributed by atoms with van der Waals surface area (Å²) in [6.07, 6.45) is 0.220. The van der Waals surface area contributed by atoms with Crippen LogP contribution in [0.4, 0.5) is 0 Å². The van der Waals surface area contributed by atoms with Crippen LogP contribution in [-0.4, -0.2) is 67.8 Å². The van der Waals surface area contributed by atoms with E-state index in [0.29, 0.717) is 12.6 Å². The van der Waals surface area contributed by atoms with Crippen LogP contribution in [0, 0.1) is 0 Å². The van der Waals surface area contributed by atoms with Crippen molar-refractivity contribution in [2.24, 2.45) is 4.99 Å². The molecule has 2 aliphatic rings. The van der Waals surface area contributed by atoms with E-state index in [1.807, 2.05) is 18.2 Å². The van der Waals surface area contributed by atoms with Gasteiger partial charge in [0.2, 0.25) is 0 Å². The third-order valence-corrected chi connectivity index (χ3v) is 5.87. The summed E-state index contributed by atoms with van der Waals surface area (Å²) in [5.41, 5.74) is 2.45. The van der Waals surface area contributed by atoms with Gasteiger partial charge in [-0.2, -0.15) is 0 Å². The minimum atomic E-state index is 0.220. The molecule has 2 atom stereocenters. The number of nitrogens with one attached hydrogen (secondary N) is 1. The lowest BCUT2D eigenvalue weighted by Crippen LogP contribution is -2.50. The van der Waals surface area contributed by atoms with E-state index in [0.717, 1.165) is 56.6 Å². The van der Waals surface area contributed by atoms with Gasteiger partial charge >= 0.3 is 0 Å². The molecule has 4 rings (SSSR count). The summed E-state index contributed by atoms with van der Waals surface area (Å²) >= 11 is 0. The minimum absolute atomic E-state index is 0.220. The first-order valence-corrected chi connectivity index (χ1v) is 10.8. The highest BCUT2D eigenvalue weighted by Crippen LogP contribution is 2.25. The van der Waals surface area contributed by atoms with E-state index in [1.165, 1.54) is 5.56 Å². The lowest BCUT2D eigenvalue weighted by atomic mass is 10.1. The van der Waals surface area contributed by atoms with Gasteiger partial charge in [-0.25, -0.2) is 4.99 Å². The summed E-state index contributed by atoms with van der Waals surface area (Å²) in [6.45, 7) is 8.06. The van der Waals surface area contributed by atoms with Crippen molar-refractivity contribution in [1.29, 1.82) is 0 Å². The maximum Gasteiger partial charge on any atom is 0.194 e. The van der Waals surface area contributed by atoms with Gasteiger partial charge in [-0.3, -0.25) is 4.90 Å². The second-order valence-electron chi connectivity index (χ2n) is 7.82. The molecule has 2 aromatic rings. The van der Waals surface area contributed by atoms with E-state index in [1.54, 1.807) is 7.11 Å². The van der Waals surface area contributed by atoms with Gasteiger partial charge in [-0.1, -0.05) is 48.5 Å². The third-order valence-electron chi connectivity index (χ3n) is 5.87. The number of likely N-dealkylation sites (tertiary alicyclic amines) is 1. The molecule has 0 aromatic heterocycles. The summed E-state index contributed by atoms with van der Waals surface area (Å²) in [4.78, 5) is 9.83. The van der Waals surface area contributed by atoms with Crippen LogP contribution >= 0.6 is 0 Å². The lowest BCUT2D eigenvalue weighted by Gasteiger charge is -2.36. The summed E-state index contributed by atoms with van der Waals surface area (Å²) in [6, 6.07) is 19.2. The Kier molecular flexibility index (Phi) is 6.87. The molecule has 0 spiro atoms. The molecule has 0 amide bonds. The second kappa shape index (κ2) is 9.96. The van der Waals surface area contributed by atoms with E-state index in [-0.39, 0.29) is 6.10 Å². The molecule has 0 bridgehead atoms. The fourth-order valence-corrected chi connectivity index (χ4v) is 4.36. The number of hydrogen-bond acceptors (Lipinski definition) is 4. The molecule has 0 saturated carbocycles. The number of guanidine groups is 1. The number of fused-ring (bicyclic) bond motifs is 1. The summed E-state index contributed by atoms with van der Waals surface area (Å²) < 4.78 is 11.6. The monoisotopic (exact) mass is 408 g/mol. The molecule has 2 aromatic carbocycles. The average Bonchev–Trinajstić information content (AvgIpc) is 3.23. The van der Waals surface area contributed by atoms with Crippen molar-refractivity contribution < 1.29 is 9.47 Å². The summed E-state index contributed by atoms with van der Waals surface area (Å²) in [7, 11) is 1.71. The minimum Gasteiger partial charge on any atom is -0.496 e. The maximum absolute atomic E-state index is 6.14. The number of para-hydroxylation sites is 1. The first-order chi connectivity index (χ1) is 14.8. The predicted molar refractivity (Wildman–Crippen MR) is 120 cm³/mol. The zero-order valence-corrected chi connectivity index (χ0v) is 18.0. The van der Waals surface area contributed by atoms with Crippen molar-refractivity contribution >= 4 is 5.96 Å². The Labute approximate surface area is 179 Å². The van der Waals surface area contributed by atoms with E-state index in [4.69, 9.17) is 14.5 Å². The van der Waals surface area contributed by atoms with Crippen LogP contribution in [0.25, 0.3) is 0 Å². The van der Waals surface area contributed by atoms with E-state index >= 15 is 0 Å². The van der Waals surface area contributed by atoms with E-state index in [9.17, 15) is 0 Å². The van der Waals surface area contributed by atoms with E-state index in [2.05, 4.69) is 58.4 Å². The van der Waals surface area contributed by atoms with Crippen LogP contribution in [0.15, 0.2) is 59.6 Å². The molecule has 1 N–H and O–H groups in total. The summed E-state index contributed by atoms with van der Waals surface area (Å²) in [5.74, 6) is 1.82. The zero-order chi connectivity index (χ0) is 20.8. The molecule has 2 fully saturated rings. The standard InChI is InChI=1S/C24H32N4O2/c1-3-25-24(26-15-20-11-7-8-12-22(20)29-2)28-17-21-23(18-28)30-14-13-27(21)16-19-9-5-4-6-10-19/h4-12,21,23H,3,13-18H2,1-2H3,(H,25,26). The van der Waals surface area contributed by atoms with Gasteiger partial charge < -0.3 is 19.7 Å². The largest absolute Gasteiger partial charge is 0.496 e. The quantitative estimate of drug-likeness (QED) is 0.588. The fraction of sp³-hybridized carbons (Fsp3) is 0.458. The van der Waals surface area contributed by atoms with Crippen molar-refractivity contribution in [3.05, 3.63) is 65.7 Å². The second-order valence-corrected chi connectivity index (χ2v) is 7.82. The zero-order valence-electron chi connectivity index (χ0n) is 18.0. The smallest absolute Gasteiger partial charge is 0.194 e. The number of benzene rings is 2. The molecule has 2 unspecified atom stereocenters. The molecule has 2 aliphatic heterocycles. The van der Waals surface area contributed by atoms with Crippen molar-refractivity contribution in [2.75, 3.05) is 39.9 Å². The van der Waals surface area contributed by atoms with Gasteiger partial charge in [0.05, 0.1) is 32.4 Å². The maximum atomic E-state index is 6.14. The van der Waals surface area contributed by atoms with Crippen molar-refractivity contribution in [3.8, 4) is 5.75 Å². The average molecular weight is 409 g/mol. The van der Waals surface area contributed by atoms with Crippen LogP contribution in [0.1, 0.15) is 18.1 Å². The first-order valence-electron chi connectivity index (χ1n) is 10.8. The highest BCUT2D eigenvalue weighted by atomic mass is 16.5. The molecule has 30 heavy (non-hydrogen) atoms. The number of ether oxygens (including phenoxy) is 2. The van der Waals surface area contributed by atoms with Gasteiger partial charge in [0.25, 0.3) is 0 Å². The molecular formula is C24H32N4O2. The normalized spacial score (nSPS) is 22.1. The topological polar surface area (TPSA) is 49.3 Å². The number of rotatable bonds is 6. The predicted octanol–water partition coefficient (Wildman–Crippen LogP) is 2.75. The first kappa shape index (κ1) is 20.7. The molecule has 6 heteroatoms. The van der Waals surface area contributed by atoms with Crippen LogP contribution in [0.2, 0.25) is 0 Å². The molecule has 2 saturated heterocycles. The van der Waals surface area contributed by atoms with Gasteiger partial charge in [0, 0.05) is 38.3 Å². The van der Waals surface area contributed by atoms with Crippen molar-refractivity contribution in [1.82, 2.24) is 15.1 Å². The van der Waals surface area contributed by atoms with E-state index < -0.39 is 0 Å². The van der Waals surface area contributed by atoms with Gasteiger partial charge in [0.1, 0.15) is 5.75 Å². The highest BCUT2D eigenvalue weighted by Gasteiger charge is 2.41.